The second-order valence-electron chi connectivity index (χ2n) is 4.57. The number of aromatic nitrogens is 1. The van der Waals surface area contributed by atoms with Crippen LogP contribution < -0.4 is 5.73 Å². The van der Waals surface area contributed by atoms with Gasteiger partial charge in [-0.3, -0.25) is 4.79 Å². The maximum atomic E-state index is 11.6. The van der Waals surface area contributed by atoms with Gasteiger partial charge in [0.1, 0.15) is 0 Å². The summed E-state index contributed by atoms with van der Waals surface area (Å²) in [6.07, 6.45) is 3.90. The zero-order chi connectivity index (χ0) is 12.9. The summed E-state index contributed by atoms with van der Waals surface area (Å²) in [7, 11) is 0. The second kappa shape index (κ2) is 4.02. The first-order chi connectivity index (χ1) is 8.61. The summed E-state index contributed by atoms with van der Waals surface area (Å²) >= 11 is 3.49. The maximum absolute atomic E-state index is 11.6. The lowest BCUT2D eigenvalue weighted by Gasteiger charge is -2.08. The van der Waals surface area contributed by atoms with E-state index in [2.05, 4.69) is 20.5 Å². The summed E-state index contributed by atoms with van der Waals surface area (Å²) in [5.41, 5.74) is 7.82. The van der Waals surface area contributed by atoms with Gasteiger partial charge >= 0.3 is 0 Å². The minimum absolute atomic E-state index is 0.411. The van der Waals surface area contributed by atoms with Crippen molar-refractivity contribution >= 4 is 21.8 Å². The lowest BCUT2D eigenvalue weighted by Crippen LogP contribution is -2.12. The molecule has 0 spiro atoms. The van der Waals surface area contributed by atoms with E-state index in [9.17, 15) is 4.79 Å². The molecule has 0 atom stereocenters. The number of amides is 1. The lowest BCUT2D eigenvalue weighted by atomic mass is 10.2. The van der Waals surface area contributed by atoms with Crippen LogP contribution in [0.3, 0.4) is 0 Å². The van der Waals surface area contributed by atoms with Crippen LogP contribution in [0, 0.1) is 6.92 Å². The average molecular weight is 309 g/mol. The Bertz CT molecular complexity index is 609. The van der Waals surface area contributed by atoms with Crippen molar-refractivity contribution in [1.82, 2.24) is 4.57 Å². The molecule has 0 radical (unpaired) electrons. The molecule has 2 heterocycles. The Balaban J connectivity index is 2.29. The van der Waals surface area contributed by atoms with Crippen molar-refractivity contribution in [3.05, 3.63) is 34.1 Å². The number of rotatable bonds is 3. The molecule has 0 aromatic carbocycles. The second-order valence-corrected chi connectivity index (χ2v) is 5.36. The molecular weight excluding hydrogens is 296 g/mol. The van der Waals surface area contributed by atoms with E-state index < -0.39 is 5.91 Å². The molecule has 1 amide bonds. The molecule has 1 aliphatic rings. The Kier molecular flexibility index (Phi) is 2.59. The topological polar surface area (TPSA) is 61.2 Å². The minimum Gasteiger partial charge on any atom is -0.463 e. The number of carbonyl (C=O) groups is 1. The van der Waals surface area contributed by atoms with Crippen LogP contribution in [0.4, 0.5) is 0 Å². The molecule has 2 aromatic heterocycles. The van der Waals surface area contributed by atoms with Gasteiger partial charge in [0.15, 0.2) is 5.76 Å². The summed E-state index contributed by atoms with van der Waals surface area (Å²) in [5.74, 6) is 0.343. The first kappa shape index (κ1) is 11.6. The van der Waals surface area contributed by atoms with Crippen molar-refractivity contribution < 1.29 is 9.21 Å². The number of hydrogen-bond acceptors (Lipinski definition) is 2. The number of nitrogens with zero attached hydrogens (tertiary/aromatic N) is 1. The third kappa shape index (κ3) is 1.61. The van der Waals surface area contributed by atoms with E-state index in [4.69, 9.17) is 10.2 Å². The third-order valence-corrected chi connectivity index (χ3v) is 4.08. The molecule has 1 fully saturated rings. The SMILES string of the molecule is Cc1c(C(N)=O)c(Br)c(-c2ccco2)n1C1CC1. The number of primary amides is 1. The van der Waals surface area contributed by atoms with Gasteiger partial charge in [-0.05, 0) is 47.8 Å². The molecule has 0 aliphatic heterocycles. The smallest absolute Gasteiger partial charge is 0.251 e. The fourth-order valence-corrected chi connectivity index (χ4v) is 3.26. The molecule has 0 saturated heterocycles. The number of nitrogens with two attached hydrogens (primary N) is 1. The van der Waals surface area contributed by atoms with Gasteiger partial charge in [0.05, 0.1) is 22.0 Å². The van der Waals surface area contributed by atoms with Crippen LogP contribution in [0.2, 0.25) is 0 Å². The summed E-state index contributed by atoms with van der Waals surface area (Å²) < 4.78 is 8.35. The van der Waals surface area contributed by atoms with Crippen LogP contribution in [-0.2, 0) is 0 Å². The molecule has 1 saturated carbocycles. The van der Waals surface area contributed by atoms with Gasteiger partial charge in [0, 0.05) is 11.7 Å². The standard InChI is InChI=1S/C13H13BrN2O2/c1-7-10(13(15)17)11(14)12(9-3-2-6-18-9)16(7)8-4-5-8/h2-3,6,8H,4-5H2,1H3,(H2,15,17). The molecule has 2 aromatic rings. The van der Waals surface area contributed by atoms with Crippen LogP contribution in [0.1, 0.15) is 34.9 Å². The van der Waals surface area contributed by atoms with Crippen molar-refractivity contribution in [3.63, 3.8) is 0 Å². The van der Waals surface area contributed by atoms with E-state index >= 15 is 0 Å². The maximum Gasteiger partial charge on any atom is 0.251 e. The number of carbonyl (C=O) groups excluding carboxylic acids is 1. The monoisotopic (exact) mass is 308 g/mol. The molecule has 5 heteroatoms. The minimum atomic E-state index is -0.411. The van der Waals surface area contributed by atoms with Crippen LogP contribution in [0.15, 0.2) is 27.3 Å². The third-order valence-electron chi connectivity index (χ3n) is 3.30. The predicted molar refractivity (Wildman–Crippen MR) is 71.4 cm³/mol. The highest BCUT2D eigenvalue weighted by molar-refractivity contribution is 9.10. The molecule has 18 heavy (non-hydrogen) atoms. The molecule has 0 bridgehead atoms. The largest absolute Gasteiger partial charge is 0.463 e. The molecule has 1 aliphatic carbocycles. The Morgan fingerprint density at radius 2 is 2.28 bits per heavy atom. The Morgan fingerprint density at radius 1 is 1.56 bits per heavy atom. The Morgan fingerprint density at radius 3 is 2.78 bits per heavy atom. The van der Waals surface area contributed by atoms with E-state index in [1.807, 2.05) is 19.1 Å². The van der Waals surface area contributed by atoms with Gasteiger partial charge in [-0.25, -0.2) is 0 Å². The Labute approximate surface area is 113 Å². The van der Waals surface area contributed by atoms with Gasteiger partial charge in [-0.15, -0.1) is 0 Å². The van der Waals surface area contributed by atoms with E-state index in [0.717, 1.165) is 34.5 Å². The van der Waals surface area contributed by atoms with E-state index in [-0.39, 0.29) is 0 Å². The molecule has 94 valence electrons. The summed E-state index contributed by atoms with van der Waals surface area (Å²) in [6, 6.07) is 4.18. The molecule has 2 N–H and O–H groups in total. The highest BCUT2D eigenvalue weighted by Gasteiger charge is 2.33. The lowest BCUT2D eigenvalue weighted by molar-refractivity contribution is 0.0999. The first-order valence-corrected chi connectivity index (χ1v) is 6.64. The van der Waals surface area contributed by atoms with Crippen LogP contribution in [0.5, 0.6) is 0 Å². The van der Waals surface area contributed by atoms with Crippen molar-refractivity contribution in [2.24, 2.45) is 5.73 Å². The van der Waals surface area contributed by atoms with Crippen molar-refractivity contribution in [1.29, 1.82) is 0 Å². The number of hydrogen-bond donors (Lipinski definition) is 1. The first-order valence-electron chi connectivity index (χ1n) is 5.85. The average Bonchev–Trinajstić information content (AvgIpc) is 2.91. The summed E-state index contributed by atoms with van der Waals surface area (Å²) in [5, 5.41) is 0. The van der Waals surface area contributed by atoms with Crippen LogP contribution in [-0.4, -0.2) is 10.5 Å². The summed E-state index contributed by atoms with van der Waals surface area (Å²) in [4.78, 5) is 11.6. The van der Waals surface area contributed by atoms with E-state index in [1.54, 1.807) is 6.26 Å². The van der Waals surface area contributed by atoms with Crippen LogP contribution >= 0.6 is 15.9 Å². The Hall–Kier alpha value is -1.49. The molecular formula is C13H13BrN2O2. The summed E-state index contributed by atoms with van der Waals surface area (Å²) in [6.45, 7) is 1.93. The zero-order valence-corrected chi connectivity index (χ0v) is 11.5. The molecule has 4 nitrogen and oxygen atoms in total. The van der Waals surface area contributed by atoms with Gasteiger partial charge in [-0.1, -0.05) is 0 Å². The van der Waals surface area contributed by atoms with E-state index in [0.29, 0.717) is 11.6 Å². The highest BCUT2D eigenvalue weighted by atomic mass is 79.9. The quantitative estimate of drug-likeness (QED) is 0.946. The van der Waals surface area contributed by atoms with Crippen molar-refractivity contribution in [3.8, 4) is 11.5 Å². The van der Waals surface area contributed by atoms with Gasteiger partial charge in [-0.2, -0.15) is 0 Å². The number of furan rings is 1. The zero-order valence-electron chi connectivity index (χ0n) is 9.94. The van der Waals surface area contributed by atoms with Crippen molar-refractivity contribution in [2.75, 3.05) is 0 Å². The predicted octanol–water partition coefficient (Wildman–Crippen LogP) is 3.25. The fraction of sp³-hybridized carbons (Fsp3) is 0.308. The van der Waals surface area contributed by atoms with Crippen LogP contribution in [0.25, 0.3) is 11.5 Å². The van der Waals surface area contributed by atoms with Crippen molar-refractivity contribution in [2.45, 2.75) is 25.8 Å². The van der Waals surface area contributed by atoms with Gasteiger partial charge < -0.3 is 14.7 Å². The molecule has 3 rings (SSSR count). The van der Waals surface area contributed by atoms with Gasteiger partial charge in [0.25, 0.3) is 5.91 Å². The fourth-order valence-electron chi connectivity index (χ4n) is 2.39. The van der Waals surface area contributed by atoms with E-state index in [1.165, 1.54) is 0 Å². The molecule has 0 unspecified atom stereocenters. The van der Waals surface area contributed by atoms with Gasteiger partial charge in [0.2, 0.25) is 0 Å². The number of halogens is 1. The normalized spacial score (nSPS) is 15.0. The highest BCUT2D eigenvalue weighted by Crippen LogP contribution is 2.45.